The molecule has 0 atom stereocenters. The van der Waals surface area contributed by atoms with Crippen LogP contribution in [0.15, 0.2) is 24.7 Å². The van der Waals surface area contributed by atoms with Crippen LogP contribution >= 0.6 is 0 Å². The van der Waals surface area contributed by atoms with Gasteiger partial charge in [0.05, 0.1) is 7.11 Å². The number of hydrogen-bond acceptors (Lipinski definition) is 5. The van der Waals surface area contributed by atoms with Crippen molar-refractivity contribution in [3.05, 3.63) is 30.5 Å². The molecule has 0 unspecified atom stereocenters. The van der Waals surface area contributed by atoms with Gasteiger partial charge in [-0.05, 0) is 0 Å². The van der Waals surface area contributed by atoms with Crippen molar-refractivity contribution < 1.29 is 4.74 Å². The molecule has 112 valence electrons. The Bertz CT molecular complexity index is 604. The van der Waals surface area contributed by atoms with E-state index in [1.54, 1.807) is 19.4 Å². The van der Waals surface area contributed by atoms with Crippen molar-refractivity contribution in [2.75, 3.05) is 25.1 Å². The van der Waals surface area contributed by atoms with E-state index in [9.17, 15) is 0 Å². The van der Waals surface area contributed by atoms with E-state index in [0.29, 0.717) is 17.7 Å². The van der Waals surface area contributed by atoms with Gasteiger partial charge < -0.3 is 14.2 Å². The van der Waals surface area contributed by atoms with Gasteiger partial charge >= 0.3 is 0 Å². The molecule has 2 aromatic rings. The molecule has 3 heterocycles. The Hall–Kier alpha value is -2.11. The molecule has 0 aromatic carbocycles. The minimum Gasteiger partial charge on any atom is -0.481 e. The summed E-state index contributed by atoms with van der Waals surface area (Å²) in [6.45, 7) is 7.31. The summed E-state index contributed by atoms with van der Waals surface area (Å²) in [4.78, 5) is 15.3. The number of imidazole rings is 1. The van der Waals surface area contributed by atoms with Gasteiger partial charge in [0.25, 0.3) is 0 Å². The maximum atomic E-state index is 5.14. The van der Waals surface area contributed by atoms with Gasteiger partial charge in [-0.3, -0.25) is 0 Å². The van der Waals surface area contributed by atoms with Crippen molar-refractivity contribution in [2.24, 2.45) is 5.92 Å². The Labute approximate surface area is 124 Å². The minimum absolute atomic E-state index is 0.456. The number of methoxy groups -OCH3 is 1. The smallest absolute Gasteiger partial charge is 0.228 e. The van der Waals surface area contributed by atoms with Crippen molar-refractivity contribution in [3.8, 4) is 5.88 Å². The molecule has 6 nitrogen and oxygen atoms in total. The van der Waals surface area contributed by atoms with E-state index in [2.05, 4.69) is 44.5 Å². The lowest BCUT2D eigenvalue weighted by atomic mass is 10.0. The summed E-state index contributed by atoms with van der Waals surface area (Å²) in [7, 11) is 1.62. The third-order valence-corrected chi connectivity index (χ3v) is 3.79. The summed E-state index contributed by atoms with van der Waals surface area (Å²) in [5, 5.41) is 0. The Morgan fingerprint density at radius 1 is 1.29 bits per heavy atom. The molecular formula is C15H21N5O. The van der Waals surface area contributed by atoms with E-state index < -0.39 is 0 Å². The van der Waals surface area contributed by atoms with Crippen LogP contribution in [-0.4, -0.2) is 39.7 Å². The Kier molecular flexibility index (Phi) is 3.77. The number of rotatable bonds is 5. The second-order valence-electron chi connectivity index (χ2n) is 5.76. The molecule has 1 aliphatic rings. The van der Waals surface area contributed by atoms with Crippen LogP contribution in [0.5, 0.6) is 5.88 Å². The van der Waals surface area contributed by atoms with Crippen molar-refractivity contribution in [3.63, 3.8) is 0 Å². The Balaban J connectivity index is 1.59. The first kappa shape index (κ1) is 13.9. The summed E-state index contributed by atoms with van der Waals surface area (Å²) >= 11 is 0. The quantitative estimate of drug-likeness (QED) is 0.841. The highest BCUT2D eigenvalue weighted by molar-refractivity contribution is 5.35. The molecule has 0 aliphatic carbocycles. The average molecular weight is 287 g/mol. The predicted octanol–water partition coefficient (Wildman–Crippen LogP) is 1.94. The number of hydrogen-bond donors (Lipinski definition) is 0. The maximum Gasteiger partial charge on any atom is 0.228 e. The number of ether oxygens (including phenoxy) is 1. The van der Waals surface area contributed by atoms with Crippen molar-refractivity contribution >= 4 is 5.95 Å². The van der Waals surface area contributed by atoms with Crippen LogP contribution in [0, 0.1) is 5.92 Å². The Morgan fingerprint density at radius 2 is 2.10 bits per heavy atom. The normalized spacial score (nSPS) is 15.3. The van der Waals surface area contributed by atoms with Gasteiger partial charge in [-0.1, -0.05) is 13.8 Å². The molecule has 0 bridgehead atoms. The van der Waals surface area contributed by atoms with Gasteiger partial charge in [-0.2, -0.15) is 4.98 Å². The van der Waals surface area contributed by atoms with E-state index >= 15 is 0 Å². The number of nitrogens with zero attached hydrogens (tertiary/aromatic N) is 5. The highest BCUT2D eigenvalue weighted by Crippen LogP contribution is 2.24. The van der Waals surface area contributed by atoms with E-state index in [1.807, 2.05) is 6.20 Å². The number of anilines is 1. The molecule has 0 spiro atoms. The summed E-state index contributed by atoms with van der Waals surface area (Å²) in [6.07, 6.45) is 5.69. The summed E-state index contributed by atoms with van der Waals surface area (Å²) < 4.78 is 7.40. The predicted molar refractivity (Wildman–Crippen MR) is 80.6 cm³/mol. The maximum absolute atomic E-state index is 5.14. The molecule has 21 heavy (non-hydrogen) atoms. The molecule has 0 N–H and O–H groups in total. The van der Waals surface area contributed by atoms with Crippen LogP contribution in [0.25, 0.3) is 0 Å². The largest absolute Gasteiger partial charge is 0.481 e. The molecule has 1 saturated heterocycles. The fourth-order valence-electron chi connectivity index (χ4n) is 2.70. The lowest BCUT2D eigenvalue weighted by Crippen LogP contribution is -2.49. The standard InChI is InChI=1S/C15H21N5O/c1-11(2)14-16-6-7-19(14)8-12-9-20(10-12)15-17-5-4-13(18-15)21-3/h4-7,11-12H,8-10H2,1-3H3. The molecular weight excluding hydrogens is 266 g/mol. The highest BCUT2D eigenvalue weighted by atomic mass is 16.5. The molecule has 0 amide bonds. The van der Waals surface area contributed by atoms with E-state index in [4.69, 9.17) is 4.74 Å². The van der Waals surface area contributed by atoms with Crippen LogP contribution < -0.4 is 9.64 Å². The fraction of sp³-hybridized carbons (Fsp3) is 0.533. The molecule has 1 fully saturated rings. The first-order valence-corrected chi connectivity index (χ1v) is 7.30. The van der Waals surface area contributed by atoms with E-state index in [-0.39, 0.29) is 0 Å². The van der Waals surface area contributed by atoms with Gasteiger partial charge in [0, 0.05) is 56.1 Å². The summed E-state index contributed by atoms with van der Waals surface area (Å²) in [5.74, 6) is 3.59. The molecule has 3 rings (SSSR count). The van der Waals surface area contributed by atoms with Crippen LogP contribution in [0.2, 0.25) is 0 Å². The molecule has 2 aromatic heterocycles. The number of aromatic nitrogens is 4. The van der Waals surface area contributed by atoms with Crippen LogP contribution in [-0.2, 0) is 6.54 Å². The second-order valence-corrected chi connectivity index (χ2v) is 5.76. The first-order valence-electron chi connectivity index (χ1n) is 7.30. The summed E-state index contributed by atoms with van der Waals surface area (Å²) in [5.41, 5.74) is 0. The van der Waals surface area contributed by atoms with Gasteiger partial charge in [-0.15, -0.1) is 0 Å². The lowest BCUT2D eigenvalue weighted by molar-refractivity contribution is 0.343. The SMILES string of the molecule is COc1ccnc(N2CC(Cn3ccnc3C(C)C)C2)n1. The van der Waals surface area contributed by atoms with Crippen molar-refractivity contribution in [2.45, 2.75) is 26.3 Å². The first-order chi connectivity index (χ1) is 10.2. The second kappa shape index (κ2) is 5.71. The summed E-state index contributed by atoms with van der Waals surface area (Å²) in [6, 6.07) is 1.77. The van der Waals surface area contributed by atoms with Crippen LogP contribution in [0.3, 0.4) is 0 Å². The topological polar surface area (TPSA) is 56.1 Å². The van der Waals surface area contributed by atoms with Gasteiger partial charge in [-0.25, -0.2) is 9.97 Å². The van der Waals surface area contributed by atoms with Gasteiger partial charge in [0.2, 0.25) is 11.8 Å². The van der Waals surface area contributed by atoms with Crippen molar-refractivity contribution in [1.82, 2.24) is 19.5 Å². The highest BCUT2D eigenvalue weighted by Gasteiger charge is 2.29. The molecule has 0 saturated carbocycles. The molecule has 1 aliphatic heterocycles. The van der Waals surface area contributed by atoms with Crippen LogP contribution in [0.1, 0.15) is 25.6 Å². The lowest BCUT2D eigenvalue weighted by Gasteiger charge is -2.39. The zero-order valence-corrected chi connectivity index (χ0v) is 12.7. The zero-order valence-electron chi connectivity index (χ0n) is 12.7. The molecule has 0 radical (unpaired) electrons. The Morgan fingerprint density at radius 3 is 2.81 bits per heavy atom. The monoisotopic (exact) mass is 287 g/mol. The van der Waals surface area contributed by atoms with Gasteiger partial charge in [0.15, 0.2) is 0 Å². The van der Waals surface area contributed by atoms with E-state index in [0.717, 1.165) is 31.4 Å². The zero-order chi connectivity index (χ0) is 14.8. The van der Waals surface area contributed by atoms with Crippen molar-refractivity contribution in [1.29, 1.82) is 0 Å². The average Bonchev–Trinajstić information content (AvgIpc) is 2.90. The van der Waals surface area contributed by atoms with E-state index in [1.165, 1.54) is 0 Å². The molecule has 6 heteroatoms. The van der Waals surface area contributed by atoms with Crippen LogP contribution in [0.4, 0.5) is 5.95 Å². The van der Waals surface area contributed by atoms with Gasteiger partial charge in [0.1, 0.15) is 5.82 Å². The minimum atomic E-state index is 0.456. The third kappa shape index (κ3) is 2.84. The fourth-order valence-corrected chi connectivity index (χ4v) is 2.70. The third-order valence-electron chi connectivity index (χ3n) is 3.79.